The molecule has 1 saturated heterocycles. The third-order valence-electron chi connectivity index (χ3n) is 5.53. The zero-order valence-corrected chi connectivity index (χ0v) is 17.7. The summed E-state index contributed by atoms with van der Waals surface area (Å²) >= 11 is 0. The largest absolute Gasteiger partial charge is 0.343 e. The summed E-state index contributed by atoms with van der Waals surface area (Å²) in [5, 5.41) is 7.14. The molecule has 154 valence electrons. The number of nitrogens with zero attached hydrogens (tertiary/aromatic N) is 4. The average Bonchev–Trinajstić information content (AvgIpc) is 3.12. The molecule has 1 fully saturated rings. The SMILES string of the molecule is Cc1ccc(C2C(C(=O)Nc3c(C(=O)N(C)C)nn(C)c3C)CC(=O)N2C)cc1. The van der Waals surface area contributed by atoms with E-state index in [2.05, 4.69) is 10.4 Å². The predicted molar refractivity (Wildman–Crippen MR) is 109 cm³/mol. The van der Waals surface area contributed by atoms with Crippen LogP contribution in [0.2, 0.25) is 0 Å². The first-order valence-electron chi connectivity index (χ1n) is 9.50. The van der Waals surface area contributed by atoms with Gasteiger partial charge in [0.1, 0.15) is 0 Å². The molecule has 2 heterocycles. The van der Waals surface area contributed by atoms with E-state index in [1.54, 1.807) is 44.7 Å². The summed E-state index contributed by atoms with van der Waals surface area (Å²) in [4.78, 5) is 41.1. The summed E-state index contributed by atoms with van der Waals surface area (Å²) < 4.78 is 1.57. The number of hydrogen-bond donors (Lipinski definition) is 1. The Morgan fingerprint density at radius 1 is 1.14 bits per heavy atom. The molecule has 2 unspecified atom stereocenters. The summed E-state index contributed by atoms with van der Waals surface area (Å²) in [6, 6.07) is 7.49. The molecule has 1 aromatic carbocycles. The van der Waals surface area contributed by atoms with E-state index in [0.717, 1.165) is 11.1 Å². The van der Waals surface area contributed by atoms with Crippen LogP contribution < -0.4 is 5.32 Å². The minimum Gasteiger partial charge on any atom is -0.343 e. The van der Waals surface area contributed by atoms with Crippen LogP contribution in [0, 0.1) is 19.8 Å². The molecule has 1 N–H and O–H groups in total. The average molecular weight is 397 g/mol. The second kappa shape index (κ2) is 7.69. The third-order valence-corrected chi connectivity index (χ3v) is 5.53. The molecule has 29 heavy (non-hydrogen) atoms. The smallest absolute Gasteiger partial charge is 0.276 e. The van der Waals surface area contributed by atoms with E-state index in [9.17, 15) is 14.4 Å². The zero-order chi connectivity index (χ0) is 21.5. The van der Waals surface area contributed by atoms with Gasteiger partial charge >= 0.3 is 0 Å². The van der Waals surface area contributed by atoms with Gasteiger partial charge in [-0.1, -0.05) is 29.8 Å². The summed E-state index contributed by atoms with van der Waals surface area (Å²) in [5.74, 6) is -1.23. The molecular formula is C21H27N5O3. The Morgan fingerprint density at radius 3 is 2.34 bits per heavy atom. The lowest BCUT2D eigenvalue weighted by atomic mass is 9.92. The van der Waals surface area contributed by atoms with E-state index in [1.807, 2.05) is 31.2 Å². The third kappa shape index (κ3) is 3.74. The minimum absolute atomic E-state index is 0.0803. The molecule has 1 aliphatic heterocycles. The molecule has 0 aliphatic carbocycles. The van der Waals surface area contributed by atoms with Crippen LogP contribution in [0.5, 0.6) is 0 Å². The normalized spacial score (nSPS) is 18.8. The van der Waals surface area contributed by atoms with Crippen molar-refractivity contribution < 1.29 is 14.4 Å². The fraction of sp³-hybridized carbons (Fsp3) is 0.429. The number of benzene rings is 1. The number of aromatic nitrogens is 2. The Bertz CT molecular complexity index is 961. The molecule has 8 heteroatoms. The molecule has 3 rings (SSSR count). The molecule has 1 aliphatic rings. The minimum atomic E-state index is -0.558. The fourth-order valence-electron chi connectivity index (χ4n) is 3.66. The van der Waals surface area contributed by atoms with Gasteiger partial charge in [0.25, 0.3) is 5.91 Å². The van der Waals surface area contributed by atoms with Crippen molar-refractivity contribution >= 4 is 23.4 Å². The highest BCUT2D eigenvalue weighted by Gasteiger charge is 2.43. The Kier molecular flexibility index (Phi) is 5.46. The second-order valence-electron chi connectivity index (χ2n) is 7.79. The standard InChI is InChI=1S/C21H27N5O3/c1-12-7-9-14(10-8-12)19-15(11-16(27)25(19)5)20(28)22-17-13(2)26(6)23-18(17)21(29)24(3)4/h7-10,15,19H,11H2,1-6H3,(H,22,28). The highest BCUT2D eigenvalue weighted by molar-refractivity contribution is 6.04. The van der Waals surface area contributed by atoms with Crippen molar-refractivity contribution in [1.29, 1.82) is 0 Å². The molecular weight excluding hydrogens is 370 g/mol. The molecule has 8 nitrogen and oxygen atoms in total. The predicted octanol–water partition coefficient (Wildman–Crippen LogP) is 1.90. The maximum absolute atomic E-state index is 13.2. The highest BCUT2D eigenvalue weighted by atomic mass is 16.2. The van der Waals surface area contributed by atoms with Crippen molar-refractivity contribution in [3.63, 3.8) is 0 Å². The van der Waals surface area contributed by atoms with Gasteiger partial charge < -0.3 is 15.1 Å². The van der Waals surface area contributed by atoms with E-state index < -0.39 is 5.92 Å². The number of likely N-dealkylation sites (tertiary alicyclic amines) is 1. The second-order valence-corrected chi connectivity index (χ2v) is 7.79. The van der Waals surface area contributed by atoms with Crippen molar-refractivity contribution in [2.75, 3.05) is 26.5 Å². The lowest BCUT2D eigenvalue weighted by Crippen LogP contribution is -2.31. The molecule has 3 amide bonds. The van der Waals surface area contributed by atoms with Gasteiger partial charge in [-0.05, 0) is 19.4 Å². The maximum atomic E-state index is 13.2. The van der Waals surface area contributed by atoms with Gasteiger partial charge in [0.05, 0.1) is 23.3 Å². The van der Waals surface area contributed by atoms with E-state index in [0.29, 0.717) is 11.4 Å². The number of carbonyl (C=O) groups excluding carboxylic acids is 3. The van der Waals surface area contributed by atoms with Gasteiger partial charge in [-0.2, -0.15) is 5.10 Å². The number of anilines is 1. The Labute approximate surface area is 170 Å². The number of carbonyl (C=O) groups is 3. The van der Waals surface area contributed by atoms with Crippen molar-refractivity contribution in [1.82, 2.24) is 19.6 Å². The van der Waals surface area contributed by atoms with Crippen molar-refractivity contribution in [2.45, 2.75) is 26.3 Å². The monoisotopic (exact) mass is 397 g/mol. The zero-order valence-electron chi connectivity index (χ0n) is 17.7. The van der Waals surface area contributed by atoms with Crippen LogP contribution >= 0.6 is 0 Å². The Hall–Kier alpha value is -3.16. The van der Waals surface area contributed by atoms with Crippen LogP contribution in [0.3, 0.4) is 0 Å². The van der Waals surface area contributed by atoms with Crippen LogP contribution in [-0.2, 0) is 16.6 Å². The summed E-state index contributed by atoms with van der Waals surface area (Å²) in [7, 11) is 6.71. The molecule has 2 atom stereocenters. The van der Waals surface area contributed by atoms with E-state index in [4.69, 9.17) is 0 Å². The van der Waals surface area contributed by atoms with Crippen LogP contribution in [0.25, 0.3) is 0 Å². The maximum Gasteiger partial charge on any atom is 0.276 e. The van der Waals surface area contributed by atoms with Gasteiger partial charge in [-0.25, -0.2) is 0 Å². The number of amides is 3. The first-order chi connectivity index (χ1) is 13.6. The first-order valence-corrected chi connectivity index (χ1v) is 9.50. The molecule has 0 saturated carbocycles. The van der Waals surface area contributed by atoms with Crippen LogP contribution in [0.4, 0.5) is 5.69 Å². The molecule has 0 spiro atoms. The summed E-state index contributed by atoms with van der Waals surface area (Å²) in [6.07, 6.45) is 0.122. The van der Waals surface area contributed by atoms with Gasteiger partial charge in [0, 0.05) is 34.6 Å². The van der Waals surface area contributed by atoms with E-state index >= 15 is 0 Å². The van der Waals surface area contributed by atoms with Crippen molar-refractivity contribution in [3.05, 3.63) is 46.8 Å². The summed E-state index contributed by atoms with van der Waals surface area (Å²) in [6.45, 7) is 3.78. The topological polar surface area (TPSA) is 87.5 Å². The first kappa shape index (κ1) is 20.6. The molecule has 2 aromatic rings. The van der Waals surface area contributed by atoms with Crippen LogP contribution in [0.15, 0.2) is 24.3 Å². The van der Waals surface area contributed by atoms with Crippen molar-refractivity contribution in [3.8, 4) is 0 Å². The van der Waals surface area contributed by atoms with Crippen LogP contribution in [0.1, 0.15) is 39.8 Å². The summed E-state index contributed by atoms with van der Waals surface area (Å²) in [5.41, 5.74) is 3.28. The lowest BCUT2D eigenvalue weighted by Gasteiger charge is -2.25. The Balaban J connectivity index is 1.93. The lowest BCUT2D eigenvalue weighted by molar-refractivity contribution is -0.128. The van der Waals surface area contributed by atoms with E-state index in [1.165, 1.54) is 4.90 Å². The quantitative estimate of drug-likeness (QED) is 0.854. The molecule has 1 aromatic heterocycles. The van der Waals surface area contributed by atoms with Gasteiger partial charge in [0.2, 0.25) is 11.8 Å². The van der Waals surface area contributed by atoms with Gasteiger partial charge in [0.15, 0.2) is 5.69 Å². The van der Waals surface area contributed by atoms with Crippen molar-refractivity contribution in [2.24, 2.45) is 13.0 Å². The van der Waals surface area contributed by atoms with E-state index in [-0.39, 0.29) is 35.9 Å². The number of hydrogen-bond acceptors (Lipinski definition) is 4. The van der Waals surface area contributed by atoms with Gasteiger partial charge in [-0.3, -0.25) is 19.1 Å². The number of rotatable bonds is 4. The molecule has 0 bridgehead atoms. The Morgan fingerprint density at radius 2 is 1.76 bits per heavy atom. The molecule has 0 radical (unpaired) electrons. The number of aryl methyl sites for hydroxylation is 2. The van der Waals surface area contributed by atoms with Gasteiger partial charge in [-0.15, -0.1) is 0 Å². The number of nitrogens with one attached hydrogen (secondary N) is 1. The highest BCUT2D eigenvalue weighted by Crippen LogP contribution is 2.38. The van der Waals surface area contributed by atoms with Crippen LogP contribution in [-0.4, -0.2) is 58.4 Å². The fourth-order valence-corrected chi connectivity index (χ4v) is 3.66.